The van der Waals surface area contributed by atoms with Crippen molar-refractivity contribution in [1.29, 1.82) is 0 Å². The smallest absolute Gasteiger partial charge is 0.309 e. The lowest BCUT2D eigenvalue weighted by atomic mass is 9.86. The third-order valence-corrected chi connectivity index (χ3v) is 2.57. The molecule has 88 valence electrons. The van der Waals surface area contributed by atoms with Crippen molar-refractivity contribution in [2.24, 2.45) is 11.8 Å². The minimum absolute atomic E-state index is 0.0311. The van der Waals surface area contributed by atoms with Gasteiger partial charge in [-0.1, -0.05) is 32.0 Å². The van der Waals surface area contributed by atoms with Gasteiger partial charge in [-0.3, -0.25) is 4.79 Å². The number of carboxylic acids is 1. The minimum Gasteiger partial charge on any atom is -0.481 e. The Labute approximate surface area is 93.5 Å². The fourth-order valence-corrected chi connectivity index (χ4v) is 1.69. The van der Waals surface area contributed by atoms with Crippen molar-refractivity contribution in [3.8, 4) is 0 Å². The average Bonchev–Trinajstić information content (AvgIpc) is 2.16. The monoisotopic (exact) mass is 226 g/mol. The number of aliphatic hydroxyl groups excluding tert-OH is 1. The van der Waals surface area contributed by atoms with E-state index in [4.69, 9.17) is 5.11 Å². The zero-order valence-electron chi connectivity index (χ0n) is 9.22. The highest BCUT2D eigenvalue weighted by Crippen LogP contribution is 2.29. The lowest BCUT2D eigenvalue weighted by Crippen LogP contribution is -2.27. The molecule has 1 rings (SSSR count). The Kier molecular flexibility index (Phi) is 4.01. The number of aliphatic carboxylic acids is 1. The van der Waals surface area contributed by atoms with Gasteiger partial charge in [-0.25, -0.2) is 4.39 Å². The summed E-state index contributed by atoms with van der Waals surface area (Å²) in [5.41, 5.74) is 0.0311. The molecule has 0 spiro atoms. The van der Waals surface area contributed by atoms with Gasteiger partial charge >= 0.3 is 5.97 Å². The van der Waals surface area contributed by atoms with E-state index in [1.54, 1.807) is 19.9 Å². The zero-order chi connectivity index (χ0) is 12.3. The van der Waals surface area contributed by atoms with E-state index in [0.29, 0.717) is 0 Å². The lowest BCUT2D eigenvalue weighted by Gasteiger charge is -2.22. The Morgan fingerprint density at radius 1 is 1.31 bits per heavy atom. The Morgan fingerprint density at radius 2 is 1.88 bits per heavy atom. The molecule has 0 fully saturated rings. The molecule has 0 bridgehead atoms. The first-order valence-corrected chi connectivity index (χ1v) is 5.10. The molecule has 2 N–H and O–H groups in total. The number of hydrogen-bond donors (Lipinski definition) is 2. The molecule has 1 aromatic carbocycles. The second-order valence-electron chi connectivity index (χ2n) is 4.07. The van der Waals surface area contributed by atoms with Crippen LogP contribution in [0.1, 0.15) is 25.5 Å². The maximum Gasteiger partial charge on any atom is 0.309 e. The van der Waals surface area contributed by atoms with Crippen LogP contribution in [0.2, 0.25) is 0 Å². The molecule has 2 atom stereocenters. The van der Waals surface area contributed by atoms with Gasteiger partial charge in [0.2, 0.25) is 0 Å². The first-order chi connectivity index (χ1) is 7.45. The average molecular weight is 226 g/mol. The van der Waals surface area contributed by atoms with Crippen LogP contribution in [-0.2, 0) is 4.79 Å². The summed E-state index contributed by atoms with van der Waals surface area (Å²) < 4.78 is 13.4. The van der Waals surface area contributed by atoms with Crippen LogP contribution in [0.3, 0.4) is 0 Å². The van der Waals surface area contributed by atoms with E-state index in [1.165, 1.54) is 18.2 Å². The first kappa shape index (κ1) is 12.6. The maximum absolute atomic E-state index is 13.4. The summed E-state index contributed by atoms with van der Waals surface area (Å²) >= 11 is 0. The highest BCUT2D eigenvalue weighted by atomic mass is 19.1. The van der Waals surface area contributed by atoms with Crippen molar-refractivity contribution in [2.75, 3.05) is 0 Å². The Bertz CT molecular complexity index is 376. The lowest BCUT2D eigenvalue weighted by molar-refractivity contribution is -0.148. The summed E-state index contributed by atoms with van der Waals surface area (Å²) in [5.74, 6) is -2.98. The van der Waals surface area contributed by atoms with Gasteiger partial charge in [0.1, 0.15) is 5.82 Å². The molecule has 0 saturated heterocycles. The molecule has 0 saturated carbocycles. The normalized spacial score (nSPS) is 14.8. The fourth-order valence-electron chi connectivity index (χ4n) is 1.69. The van der Waals surface area contributed by atoms with E-state index >= 15 is 0 Å². The van der Waals surface area contributed by atoms with Gasteiger partial charge in [-0.05, 0) is 12.0 Å². The molecular formula is C12H15FO3. The van der Waals surface area contributed by atoms with E-state index in [2.05, 4.69) is 0 Å². The molecule has 2 unspecified atom stereocenters. The molecule has 16 heavy (non-hydrogen) atoms. The number of aliphatic hydroxyl groups is 1. The van der Waals surface area contributed by atoms with Gasteiger partial charge in [0.25, 0.3) is 0 Å². The van der Waals surface area contributed by atoms with E-state index in [-0.39, 0.29) is 11.5 Å². The Morgan fingerprint density at radius 3 is 2.31 bits per heavy atom. The van der Waals surface area contributed by atoms with E-state index in [0.717, 1.165) is 0 Å². The fraction of sp³-hybridized carbons (Fsp3) is 0.417. The van der Waals surface area contributed by atoms with Crippen molar-refractivity contribution in [3.63, 3.8) is 0 Å². The third-order valence-electron chi connectivity index (χ3n) is 2.57. The van der Waals surface area contributed by atoms with Crippen LogP contribution in [0.5, 0.6) is 0 Å². The Balaban J connectivity index is 3.04. The van der Waals surface area contributed by atoms with Gasteiger partial charge in [-0.15, -0.1) is 0 Å². The molecule has 0 aliphatic carbocycles. The van der Waals surface area contributed by atoms with Crippen molar-refractivity contribution in [1.82, 2.24) is 0 Å². The topological polar surface area (TPSA) is 57.5 Å². The summed E-state index contributed by atoms with van der Waals surface area (Å²) in [6.07, 6.45) is -1.32. The number of carbonyl (C=O) groups is 1. The predicted octanol–water partition coefficient (Wildman–Crippen LogP) is 2.22. The van der Waals surface area contributed by atoms with Gasteiger partial charge in [0.15, 0.2) is 0 Å². The maximum atomic E-state index is 13.4. The summed E-state index contributed by atoms with van der Waals surface area (Å²) in [7, 11) is 0. The van der Waals surface area contributed by atoms with Crippen LogP contribution in [0.25, 0.3) is 0 Å². The first-order valence-electron chi connectivity index (χ1n) is 5.10. The SMILES string of the molecule is CC(C)C(C(=O)O)C(O)c1ccccc1F. The van der Waals surface area contributed by atoms with Gasteiger partial charge < -0.3 is 10.2 Å². The molecule has 0 aliphatic rings. The van der Waals surface area contributed by atoms with Crippen LogP contribution >= 0.6 is 0 Å². The molecule has 1 aromatic rings. The van der Waals surface area contributed by atoms with Crippen LogP contribution < -0.4 is 0 Å². The number of benzene rings is 1. The molecule has 3 nitrogen and oxygen atoms in total. The van der Waals surface area contributed by atoms with E-state index in [9.17, 15) is 14.3 Å². The summed E-state index contributed by atoms with van der Waals surface area (Å²) in [6.45, 7) is 3.37. The van der Waals surface area contributed by atoms with Crippen LogP contribution in [-0.4, -0.2) is 16.2 Å². The molecule has 0 aliphatic heterocycles. The number of carboxylic acid groups (broad SMARTS) is 1. The van der Waals surface area contributed by atoms with Crippen LogP contribution in [0.4, 0.5) is 4.39 Å². The van der Waals surface area contributed by atoms with E-state index in [1.807, 2.05) is 0 Å². The molecule has 0 amide bonds. The molecular weight excluding hydrogens is 211 g/mol. The highest BCUT2D eigenvalue weighted by molar-refractivity contribution is 5.71. The quantitative estimate of drug-likeness (QED) is 0.827. The highest BCUT2D eigenvalue weighted by Gasteiger charge is 2.32. The minimum atomic E-state index is -1.32. The zero-order valence-corrected chi connectivity index (χ0v) is 9.22. The molecule has 4 heteroatoms. The largest absolute Gasteiger partial charge is 0.481 e. The van der Waals surface area contributed by atoms with Crippen molar-refractivity contribution in [2.45, 2.75) is 20.0 Å². The van der Waals surface area contributed by atoms with Crippen LogP contribution in [0.15, 0.2) is 24.3 Å². The Hall–Kier alpha value is -1.42. The van der Waals surface area contributed by atoms with Gasteiger partial charge in [0.05, 0.1) is 12.0 Å². The number of halogens is 1. The van der Waals surface area contributed by atoms with Crippen molar-refractivity contribution in [3.05, 3.63) is 35.6 Å². The number of hydrogen-bond acceptors (Lipinski definition) is 2. The van der Waals surface area contributed by atoms with Crippen LogP contribution in [0, 0.1) is 17.7 Å². The van der Waals surface area contributed by atoms with Crippen molar-refractivity contribution < 1.29 is 19.4 Å². The van der Waals surface area contributed by atoms with Crippen molar-refractivity contribution >= 4 is 5.97 Å². The number of rotatable bonds is 4. The summed E-state index contributed by atoms with van der Waals surface area (Å²) in [4.78, 5) is 11.0. The van der Waals surface area contributed by atoms with E-state index < -0.39 is 23.8 Å². The second-order valence-corrected chi connectivity index (χ2v) is 4.07. The predicted molar refractivity (Wildman–Crippen MR) is 57.3 cm³/mol. The summed E-state index contributed by atoms with van der Waals surface area (Å²) in [6, 6.07) is 5.67. The third kappa shape index (κ3) is 2.58. The molecule has 0 aromatic heterocycles. The van der Waals surface area contributed by atoms with Gasteiger partial charge in [0, 0.05) is 5.56 Å². The second kappa shape index (κ2) is 5.07. The van der Waals surface area contributed by atoms with Gasteiger partial charge in [-0.2, -0.15) is 0 Å². The summed E-state index contributed by atoms with van der Waals surface area (Å²) in [5, 5.41) is 18.9. The molecule has 0 heterocycles. The molecule has 0 radical (unpaired) electrons. The standard InChI is InChI=1S/C12H15FO3/c1-7(2)10(12(15)16)11(14)8-5-3-4-6-9(8)13/h3-7,10-11,14H,1-2H3,(H,15,16).